The number of Topliss-reactive ketones (excluding diaryl/α,β-unsaturated/α-hetero) is 4. The van der Waals surface area contributed by atoms with E-state index in [1.807, 2.05) is 58.8 Å². The summed E-state index contributed by atoms with van der Waals surface area (Å²) in [5.41, 5.74) is 10.9. The van der Waals surface area contributed by atoms with E-state index in [0.29, 0.717) is 45.3 Å². The van der Waals surface area contributed by atoms with Crippen molar-refractivity contribution in [1.29, 1.82) is 0 Å². The SMILES string of the molecule is CC(C)c1nc2c([nH]1)C(=O)C(=O)c1cc(N(C)C)ccc1-2.CC(C)c1nc2c([nH]1)C(=O)C(=O)c1cc(N)ccc1-2. The molecule has 10 nitrogen and oxygen atoms in total. The van der Waals surface area contributed by atoms with Crippen molar-refractivity contribution in [2.45, 2.75) is 39.5 Å². The third-order valence-corrected chi connectivity index (χ3v) is 6.97. The number of hydrogen-bond acceptors (Lipinski definition) is 8. The van der Waals surface area contributed by atoms with Gasteiger partial charge in [0.25, 0.3) is 11.6 Å². The average Bonchev–Trinajstić information content (AvgIpc) is 3.57. The number of anilines is 2. The molecule has 0 amide bonds. The molecule has 40 heavy (non-hydrogen) atoms. The molecule has 0 bridgehead atoms. The number of nitrogen functional groups attached to an aromatic ring is 1. The highest BCUT2D eigenvalue weighted by molar-refractivity contribution is 6.53. The van der Waals surface area contributed by atoms with E-state index in [1.54, 1.807) is 18.2 Å². The first-order valence-electron chi connectivity index (χ1n) is 13.0. The Bertz CT molecular complexity index is 1720. The third-order valence-electron chi connectivity index (χ3n) is 6.97. The highest BCUT2D eigenvalue weighted by Gasteiger charge is 2.35. The second-order valence-corrected chi connectivity index (χ2v) is 10.7. The van der Waals surface area contributed by atoms with Crippen LogP contribution in [0.2, 0.25) is 0 Å². The van der Waals surface area contributed by atoms with Gasteiger partial charge in [-0.1, -0.05) is 27.7 Å². The summed E-state index contributed by atoms with van der Waals surface area (Å²) in [4.78, 5) is 65.5. The second-order valence-electron chi connectivity index (χ2n) is 10.7. The molecular formula is C30H30N6O4. The molecule has 2 aromatic heterocycles. The van der Waals surface area contributed by atoms with E-state index in [2.05, 4.69) is 19.9 Å². The number of carbonyl (C=O) groups is 4. The van der Waals surface area contributed by atoms with Crippen LogP contribution in [0.4, 0.5) is 11.4 Å². The first-order chi connectivity index (χ1) is 18.9. The molecule has 2 aromatic carbocycles. The summed E-state index contributed by atoms with van der Waals surface area (Å²) in [6.07, 6.45) is 0. The van der Waals surface area contributed by atoms with E-state index in [1.165, 1.54) is 6.07 Å². The Kier molecular flexibility index (Phi) is 6.49. The Morgan fingerprint density at radius 3 is 1.55 bits per heavy atom. The minimum Gasteiger partial charge on any atom is -0.399 e. The number of nitrogens with one attached hydrogen (secondary N) is 2. The smallest absolute Gasteiger partial charge is 0.251 e. The fraction of sp³-hybridized carbons (Fsp3) is 0.267. The predicted molar refractivity (Wildman–Crippen MR) is 152 cm³/mol. The lowest BCUT2D eigenvalue weighted by Crippen LogP contribution is -2.22. The minimum atomic E-state index is -0.549. The number of H-pyrrole nitrogens is 2. The van der Waals surface area contributed by atoms with Gasteiger partial charge in [-0.05, 0) is 36.4 Å². The molecule has 0 radical (unpaired) electrons. The normalized spacial score (nSPS) is 13.5. The quantitative estimate of drug-likeness (QED) is 0.248. The van der Waals surface area contributed by atoms with Crippen LogP contribution in [-0.2, 0) is 0 Å². The molecule has 0 atom stereocenters. The van der Waals surface area contributed by atoms with Gasteiger partial charge in [0.1, 0.15) is 34.4 Å². The maximum atomic E-state index is 12.3. The van der Waals surface area contributed by atoms with E-state index in [4.69, 9.17) is 5.73 Å². The van der Waals surface area contributed by atoms with Gasteiger partial charge in [-0.25, -0.2) is 9.97 Å². The summed E-state index contributed by atoms with van der Waals surface area (Å²) in [6, 6.07) is 10.5. The van der Waals surface area contributed by atoms with Crippen LogP contribution >= 0.6 is 0 Å². The summed E-state index contributed by atoms with van der Waals surface area (Å²) < 4.78 is 0. The number of nitrogens with two attached hydrogens (primary N) is 1. The van der Waals surface area contributed by atoms with E-state index in [0.717, 1.165) is 17.1 Å². The predicted octanol–water partition coefficient (Wildman–Crippen LogP) is 4.81. The van der Waals surface area contributed by atoms with Crippen LogP contribution in [0.1, 0.15) is 92.9 Å². The maximum Gasteiger partial charge on any atom is 0.251 e. The van der Waals surface area contributed by atoms with Crippen molar-refractivity contribution in [1.82, 2.24) is 19.9 Å². The molecular weight excluding hydrogens is 508 g/mol. The van der Waals surface area contributed by atoms with Gasteiger partial charge in [-0.3, -0.25) is 19.2 Å². The molecule has 0 saturated carbocycles. The summed E-state index contributed by atoms with van der Waals surface area (Å²) >= 11 is 0. The molecule has 0 aliphatic heterocycles. The van der Waals surface area contributed by atoms with Gasteiger partial charge in [0.05, 0.1) is 0 Å². The molecule has 2 aliphatic rings. The Labute approximate surface area is 231 Å². The Morgan fingerprint density at radius 1 is 0.650 bits per heavy atom. The first kappa shape index (κ1) is 26.7. The third kappa shape index (κ3) is 4.31. The fourth-order valence-electron chi connectivity index (χ4n) is 4.68. The van der Waals surface area contributed by atoms with Crippen molar-refractivity contribution >= 4 is 34.5 Å². The highest BCUT2D eigenvalue weighted by atomic mass is 16.2. The second kappa shape index (κ2) is 9.71. The van der Waals surface area contributed by atoms with Gasteiger partial charge >= 0.3 is 0 Å². The summed E-state index contributed by atoms with van der Waals surface area (Å²) in [7, 11) is 3.79. The van der Waals surface area contributed by atoms with Gasteiger partial charge in [-0.2, -0.15) is 0 Å². The number of aromatic amines is 2. The van der Waals surface area contributed by atoms with Gasteiger partial charge in [0.2, 0.25) is 11.6 Å². The van der Waals surface area contributed by atoms with Gasteiger partial charge < -0.3 is 20.6 Å². The van der Waals surface area contributed by atoms with Crippen LogP contribution in [0.25, 0.3) is 22.5 Å². The van der Waals surface area contributed by atoms with Crippen molar-refractivity contribution in [2.24, 2.45) is 0 Å². The zero-order chi connectivity index (χ0) is 29.0. The van der Waals surface area contributed by atoms with Crippen molar-refractivity contribution in [3.63, 3.8) is 0 Å². The standard InChI is InChI=1S/C16H17N3O2.C14H13N3O2/c1-8(2)16-17-12-10-6-5-9(19(3)4)7-11(10)14(20)15(21)13(12)18-16;1-6(2)14-16-10-8-4-3-7(15)5-9(8)12(18)13(19)11(10)17-14/h5-8H,1-4H3,(H,17,18);3-6H,15H2,1-2H3,(H,16,17). The molecule has 4 N–H and O–H groups in total. The number of benzene rings is 2. The Morgan fingerprint density at radius 2 is 1.10 bits per heavy atom. The van der Waals surface area contributed by atoms with Gasteiger partial charge in [-0.15, -0.1) is 0 Å². The van der Waals surface area contributed by atoms with Gasteiger partial charge in [0.15, 0.2) is 0 Å². The van der Waals surface area contributed by atoms with Crippen LogP contribution < -0.4 is 10.6 Å². The minimum absolute atomic E-state index is 0.158. The van der Waals surface area contributed by atoms with Crippen LogP contribution in [-0.4, -0.2) is 57.2 Å². The molecule has 6 rings (SSSR count). The van der Waals surface area contributed by atoms with E-state index in [9.17, 15) is 19.2 Å². The summed E-state index contributed by atoms with van der Waals surface area (Å²) in [5, 5.41) is 0. The molecule has 10 heteroatoms. The van der Waals surface area contributed by atoms with Crippen LogP contribution in [0.15, 0.2) is 36.4 Å². The highest BCUT2D eigenvalue weighted by Crippen LogP contribution is 2.36. The van der Waals surface area contributed by atoms with Crippen molar-refractivity contribution in [3.8, 4) is 22.5 Å². The lowest BCUT2D eigenvalue weighted by Gasteiger charge is -2.18. The number of rotatable bonds is 3. The molecule has 0 fully saturated rings. The molecule has 0 spiro atoms. The number of fused-ring (bicyclic) bond motifs is 6. The summed E-state index contributed by atoms with van der Waals surface area (Å²) in [6.45, 7) is 7.93. The number of ketones is 4. The average molecular weight is 539 g/mol. The molecule has 2 heterocycles. The largest absolute Gasteiger partial charge is 0.399 e. The van der Waals surface area contributed by atoms with E-state index in [-0.39, 0.29) is 17.5 Å². The van der Waals surface area contributed by atoms with E-state index >= 15 is 0 Å². The number of aromatic nitrogens is 4. The molecule has 4 aromatic rings. The lowest BCUT2D eigenvalue weighted by atomic mass is 9.90. The van der Waals surface area contributed by atoms with Crippen molar-refractivity contribution in [2.75, 3.05) is 24.7 Å². The number of imidazole rings is 2. The number of hydrogen-bond donors (Lipinski definition) is 3. The monoisotopic (exact) mass is 538 g/mol. The van der Waals surface area contributed by atoms with Crippen LogP contribution in [0, 0.1) is 0 Å². The first-order valence-corrected chi connectivity index (χ1v) is 13.0. The zero-order valence-electron chi connectivity index (χ0n) is 23.2. The topological polar surface area (TPSA) is 155 Å². The van der Waals surface area contributed by atoms with Crippen molar-refractivity contribution in [3.05, 3.63) is 70.6 Å². The van der Waals surface area contributed by atoms with Crippen molar-refractivity contribution < 1.29 is 19.2 Å². The molecule has 0 unspecified atom stereocenters. The zero-order valence-corrected chi connectivity index (χ0v) is 23.2. The van der Waals surface area contributed by atoms with E-state index < -0.39 is 23.1 Å². The number of carbonyl (C=O) groups excluding carboxylic acids is 4. The molecule has 0 saturated heterocycles. The fourth-order valence-corrected chi connectivity index (χ4v) is 4.68. The van der Waals surface area contributed by atoms with Crippen LogP contribution in [0.3, 0.4) is 0 Å². The van der Waals surface area contributed by atoms with Crippen LogP contribution in [0.5, 0.6) is 0 Å². The Balaban J connectivity index is 0.000000162. The molecule has 204 valence electrons. The Hall–Kier alpha value is -4.86. The number of nitrogens with zero attached hydrogens (tertiary/aromatic N) is 3. The van der Waals surface area contributed by atoms with Gasteiger partial charge in [0, 0.05) is 59.6 Å². The molecule has 2 aliphatic carbocycles. The lowest BCUT2D eigenvalue weighted by molar-refractivity contribution is 0.0812. The summed E-state index contributed by atoms with van der Waals surface area (Å²) in [5.74, 6) is -0.301. The maximum absolute atomic E-state index is 12.3.